The summed E-state index contributed by atoms with van der Waals surface area (Å²) in [5.74, 6) is 0.908. The number of anilines is 3. The van der Waals surface area contributed by atoms with Crippen molar-refractivity contribution >= 4 is 29.0 Å². The molecule has 1 aromatic heterocycles. The number of nitrogens with zero attached hydrogens (tertiary/aromatic N) is 3. The summed E-state index contributed by atoms with van der Waals surface area (Å²) >= 11 is 0. The van der Waals surface area contributed by atoms with Gasteiger partial charge in [0.1, 0.15) is 17.3 Å². The molecule has 0 atom stereocenters. The van der Waals surface area contributed by atoms with Crippen molar-refractivity contribution < 1.29 is 9.59 Å². The van der Waals surface area contributed by atoms with Crippen molar-refractivity contribution in [2.75, 3.05) is 23.7 Å². The van der Waals surface area contributed by atoms with Gasteiger partial charge in [0, 0.05) is 37.5 Å². The highest BCUT2D eigenvalue weighted by atomic mass is 16.2. The standard InChI is InChI=1S/C19H23N5O2/c1-13-20-17(19(26)24-9-4-3-5-10-24)12-18(21-13)23-16-8-6-7-15(11-16)22-14(2)25/h6-8,11-12H,3-5,9-10H2,1-2H3,(H,22,25)(H,20,21,23). The summed E-state index contributed by atoms with van der Waals surface area (Å²) in [6.07, 6.45) is 3.25. The summed E-state index contributed by atoms with van der Waals surface area (Å²) in [4.78, 5) is 34.4. The van der Waals surface area contributed by atoms with Gasteiger partial charge in [0.25, 0.3) is 5.91 Å². The Labute approximate surface area is 152 Å². The molecule has 1 saturated heterocycles. The van der Waals surface area contributed by atoms with Crippen molar-refractivity contribution in [1.29, 1.82) is 0 Å². The number of hydrogen-bond acceptors (Lipinski definition) is 5. The predicted octanol–water partition coefficient (Wildman–Crippen LogP) is 3.11. The van der Waals surface area contributed by atoms with Gasteiger partial charge in [-0.15, -0.1) is 0 Å². The fourth-order valence-electron chi connectivity index (χ4n) is 3.03. The lowest BCUT2D eigenvalue weighted by atomic mass is 10.1. The van der Waals surface area contributed by atoms with Crippen LogP contribution in [0.3, 0.4) is 0 Å². The van der Waals surface area contributed by atoms with Crippen molar-refractivity contribution in [3.05, 3.63) is 41.9 Å². The number of piperidine rings is 1. The molecule has 1 aromatic carbocycles. The zero-order valence-electron chi connectivity index (χ0n) is 15.1. The van der Waals surface area contributed by atoms with E-state index in [1.165, 1.54) is 13.3 Å². The molecule has 0 bridgehead atoms. The van der Waals surface area contributed by atoms with Gasteiger partial charge in [0.15, 0.2) is 0 Å². The van der Waals surface area contributed by atoms with Crippen molar-refractivity contribution in [2.24, 2.45) is 0 Å². The molecule has 2 N–H and O–H groups in total. The van der Waals surface area contributed by atoms with Crippen LogP contribution in [0.25, 0.3) is 0 Å². The molecule has 2 aromatic rings. The number of hydrogen-bond donors (Lipinski definition) is 2. The lowest BCUT2D eigenvalue weighted by Gasteiger charge is -2.26. The second kappa shape index (κ2) is 7.95. The second-order valence-corrected chi connectivity index (χ2v) is 6.43. The first-order chi connectivity index (χ1) is 12.5. The first kappa shape index (κ1) is 17.8. The molecule has 0 aliphatic carbocycles. The summed E-state index contributed by atoms with van der Waals surface area (Å²) < 4.78 is 0. The maximum Gasteiger partial charge on any atom is 0.272 e. The molecule has 3 rings (SSSR count). The average molecular weight is 353 g/mol. The molecule has 136 valence electrons. The van der Waals surface area contributed by atoms with E-state index in [4.69, 9.17) is 0 Å². The van der Waals surface area contributed by atoms with Crippen molar-refractivity contribution in [1.82, 2.24) is 14.9 Å². The topological polar surface area (TPSA) is 87.2 Å². The molecular weight excluding hydrogens is 330 g/mol. The van der Waals surface area contributed by atoms with Crippen LogP contribution < -0.4 is 10.6 Å². The quantitative estimate of drug-likeness (QED) is 0.882. The molecular formula is C19H23N5O2. The molecule has 0 saturated carbocycles. The van der Waals surface area contributed by atoms with Gasteiger partial charge in [-0.1, -0.05) is 6.07 Å². The molecule has 2 amide bonds. The largest absolute Gasteiger partial charge is 0.340 e. The van der Waals surface area contributed by atoms with E-state index >= 15 is 0 Å². The molecule has 1 aliphatic heterocycles. The smallest absolute Gasteiger partial charge is 0.272 e. The van der Waals surface area contributed by atoms with Gasteiger partial charge in [-0.25, -0.2) is 9.97 Å². The third-order valence-corrected chi connectivity index (χ3v) is 4.16. The second-order valence-electron chi connectivity index (χ2n) is 6.43. The summed E-state index contributed by atoms with van der Waals surface area (Å²) in [5, 5.41) is 5.93. The van der Waals surface area contributed by atoms with Crippen LogP contribution in [0.5, 0.6) is 0 Å². The van der Waals surface area contributed by atoms with Gasteiger partial charge in [0.05, 0.1) is 0 Å². The van der Waals surface area contributed by atoms with Crippen LogP contribution in [0, 0.1) is 6.92 Å². The number of amides is 2. The SMILES string of the molecule is CC(=O)Nc1cccc(Nc2cc(C(=O)N3CCCCC3)nc(C)n2)c1. The molecule has 26 heavy (non-hydrogen) atoms. The fraction of sp³-hybridized carbons (Fsp3) is 0.368. The molecule has 7 nitrogen and oxygen atoms in total. The Kier molecular flexibility index (Phi) is 5.46. The van der Waals surface area contributed by atoms with Gasteiger partial charge >= 0.3 is 0 Å². The van der Waals surface area contributed by atoms with E-state index in [9.17, 15) is 9.59 Å². The van der Waals surface area contributed by atoms with Crippen LogP contribution >= 0.6 is 0 Å². The van der Waals surface area contributed by atoms with Crippen molar-refractivity contribution in [2.45, 2.75) is 33.1 Å². The van der Waals surface area contributed by atoms with E-state index in [0.717, 1.165) is 31.6 Å². The van der Waals surface area contributed by atoms with E-state index in [1.807, 2.05) is 29.2 Å². The Balaban J connectivity index is 1.79. The molecule has 0 spiro atoms. The highest BCUT2D eigenvalue weighted by Gasteiger charge is 2.20. The number of benzene rings is 1. The van der Waals surface area contributed by atoms with E-state index in [-0.39, 0.29) is 11.8 Å². The number of aryl methyl sites for hydroxylation is 1. The van der Waals surface area contributed by atoms with Crippen LogP contribution in [0.15, 0.2) is 30.3 Å². The number of nitrogens with one attached hydrogen (secondary N) is 2. The molecule has 7 heteroatoms. The fourth-order valence-corrected chi connectivity index (χ4v) is 3.03. The minimum Gasteiger partial charge on any atom is -0.340 e. The molecule has 0 unspecified atom stereocenters. The van der Waals surface area contributed by atoms with Gasteiger partial charge in [-0.3, -0.25) is 9.59 Å². The normalized spacial score (nSPS) is 14.0. The van der Waals surface area contributed by atoms with E-state index in [2.05, 4.69) is 20.6 Å². The highest BCUT2D eigenvalue weighted by molar-refractivity contribution is 5.93. The molecule has 0 radical (unpaired) electrons. The Morgan fingerprint density at radius 1 is 1.04 bits per heavy atom. The van der Waals surface area contributed by atoms with Crippen molar-refractivity contribution in [3.8, 4) is 0 Å². The number of likely N-dealkylation sites (tertiary alicyclic amines) is 1. The summed E-state index contributed by atoms with van der Waals surface area (Å²) in [5.41, 5.74) is 1.86. The Morgan fingerprint density at radius 2 is 1.77 bits per heavy atom. The van der Waals surface area contributed by atoms with Crippen LogP contribution in [0.2, 0.25) is 0 Å². The molecule has 1 fully saturated rings. The maximum atomic E-state index is 12.7. The maximum absolute atomic E-state index is 12.7. The molecule has 1 aliphatic rings. The van der Waals surface area contributed by atoms with Crippen LogP contribution in [0.4, 0.5) is 17.2 Å². The van der Waals surface area contributed by atoms with Crippen LogP contribution in [-0.4, -0.2) is 39.8 Å². The van der Waals surface area contributed by atoms with Gasteiger partial charge in [0.2, 0.25) is 5.91 Å². The number of carbonyl (C=O) groups excluding carboxylic acids is 2. The number of carbonyl (C=O) groups is 2. The predicted molar refractivity (Wildman–Crippen MR) is 101 cm³/mol. The highest BCUT2D eigenvalue weighted by Crippen LogP contribution is 2.20. The number of aromatic nitrogens is 2. The third-order valence-electron chi connectivity index (χ3n) is 4.16. The van der Waals surface area contributed by atoms with Crippen LogP contribution in [0.1, 0.15) is 42.5 Å². The van der Waals surface area contributed by atoms with Crippen LogP contribution in [-0.2, 0) is 4.79 Å². The van der Waals surface area contributed by atoms with Crippen molar-refractivity contribution in [3.63, 3.8) is 0 Å². The number of rotatable bonds is 4. The van der Waals surface area contributed by atoms with Gasteiger partial charge < -0.3 is 15.5 Å². The minimum absolute atomic E-state index is 0.0507. The first-order valence-corrected chi connectivity index (χ1v) is 8.81. The van der Waals surface area contributed by atoms with E-state index < -0.39 is 0 Å². The Morgan fingerprint density at radius 3 is 2.50 bits per heavy atom. The summed E-state index contributed by atoms with van der Waals surface area (Å²) in [6, 6.07) is 9.00. The lowest BCUT2D eigenvalue weighted by molar-refractivity contribution is -0.114. The molecule has 2 heterocycles. The summed E-state index contributed by atoms with van der Waals surface area (Å²) in [7, 11) is 0. The third kappa shape index (κ3) is 4.56. The average Bonchev–Trinajstić information content (AvgIpc) is 2.61. The minimum atomic E-state index is -0.130. The zero-order valence-corrected chi connectivity index (χ0v) is 15.1. The Bertz CT molecular complexity index is 815. The monoisotopic (exact) mass is 353 g/mol. The van der Waals surface area contributed by atoms with E-state index in [0.29, 0.717) is 23.0 Å². The Hall–Kier alpha value is -2.96. The lowest BCUT2D eigenvalue weighted by Crippen LogP contribution is -2.36. The first-order valence-electron chi connectivity index (χ1n) is 8.81. The van der Waals surface area contributed by atoms with Gasteiger partial charge in [-0.2, -0.15) is 0 Å². The zero-order chi connectivity index (χ0) is 18.5. The van der Waals surface area contributed by atoms with E-state index in [1.54, 1.807) is 13.0 Å². The summed E-state index contributed by atoms with van der Waals surface area (Å²) in [6.45, 7) is 4.80. The van der Waals surface area contributed by atoms with Gasteiger partial charge in [-0.05, 0) is 44.4 Å².